The summed E-state index contributed by atoms with van der Waals surface area (Å²) in [5.74, 6) is -1.08. The van der Waals surface area contributed by atoms with Gasteiger partial charge in [0.25, 0.3) is 0 Å². The van der Waals surface area contributed by atoms with Crippen LogP contribution in [0.1, 0.15) is 17.5 Å². The van der Waals surface area contributed by atoms with E-state index in [2.05, 4.69) is 10.6 Å². The Bertz CT molecular complexity index is 831. The molecule has 25 heavy (non-hydrogen) atoms. The van der Waals surface area contributed by atoms with E-state index >= 15 is 0 Å². The normalized spacial score (nSPS) is 18.6. The van der Waals surface area contributed by atoms with Crippen LogP contribution in [0.5, 0.6) is 0 Å². The molecule has 2 atom stereocenters. The summed E-state index contributed by atoms with van der Waals surface area (Å²) in [5.41, 5.74) is 3.30. The summed E-state index contributed by atoms with van der Waals surface area (Å²) in [6, 6.07) is 10.8. The van der Waals surface area contributed by atoms with E-state index in [0.29, 0.717) is 22.2 Å². The molecule has 2 amide bonds. The van der Waals surface area contributed by atoms with Crippen molar-refractivity contribution in [3.63, 3.8) is 0 Å². The van der Waals surface area contributed by atoms with Gasteiger partial charge in [0.15, 0.2) is 0 Å². The van der Waals surface area contributed by atoms with Crippen LogP contribution in [0.2, 0.25) is 10.0 Å². The first-order valence-electron chi connectivity index (χ1n) is 8.00. The molecule has 0 aliphatic heterocycles. The third kappa shape index (κ3) is 3.80. The second-order valence-electron chi connectivity index (χ2n) is 6.27. The summed E-state index contributed by atoms with van der Waals surface area (Å²) in [7, 11) is 0. The zero-order chi connectivity index (χ0) is 18.1. The predicted molar refractivity (Wildman–Crippen MR) is 101 cm³/mol. The molecule has 3 rings (SSSR count). The standard InChI is InChI=1S/C19H18Cl2N2O2/c1-10-5-3-8-16(11(10)2)22-18(24)12-9-13(12)19(25)23-17-14(20)6-4-7-15(17)21/h3-8,12-13H,9H2,1-2H3,(H,22,24)(H,23,25). The van der Waals surface area contributed by atoms with Gasteiger partial charge in [-0.3, -0.25) is 9.59 Å². The number of amides is 2. The van der Waals surface area contributed by atoms with E-state index in [0.717, 1.165) is 16.8 Å². The van der Waals surface area contributed by atoms with Gasteiger partial charge in [0.05, 0.1) is 27.6 Å². The summed E-state index contributed by atoms with van der Waals surface area (Å²) in [6.07, 6.45) is 0.518. The molecule has 2 unspecified atom stereocenters. The summed E-state index contributed by atoms with van der Waals surface area (Å²) in [6.45, 7) is 3.95. The fraction of sp³-hybridized carbons (Fsp3) is 0.263. The number of halogens is 2. The lowest BCUT2D eigenvalue weighted by Gasteiger charge is -2.11. The number of rotatable bonds is 4. The molecule has 0 spiro atoms. The number of hydrogen-bond donors (Lipinski definition) is 2. The molecule has 0 heterocycles. The highest BCUT2D eigenvalue weighted by atomic mass is 35.5. The fourth-order valence-electron chi connectivity index (χ4n) is 2.72. The Balaban J connectivity index is 1.63. The van der Waals surface area contributed by atoms with Crippen molar-refractivity contribution in [3.05, 3.63) is 57.6 Å². The first kappa shape index (κ1) is 17.8. The maximum atomic E-state index is 12.4. The molecule has 0 radical (unpaired) electrons. The molecule has 1 aliphatic carbocycles. The highest BCUT2D eigenvalue weighted by molar-refractivity contribution is 6.39. The van der Waals surface area contributed by atoms with E-state index in [1.165, 1.54) is 0 Å². The molecule has 2 aromatic carbocycles. The SMILES string of the molecule is Cc1cccc(NC(=O)C2CC2C(=O)Nc2c(Cl)cccc2Cl)c1C. The van der Waals surface area contributed by atoms with Crippen molar-refractivity contribution in [1.82, 2.24) is 0 Å². The van der Waals surface area contributed by atoms with Crippen LogP contribution in [0.25, 0.3) is 0 Å². The zero-order valence-corrected chi connectivity index (χ0v) is 15.4. The lowest BCUT2D eigenvalue weighted by Crippen LogP contribution is -2.21. The highest BCUT2D eigenvalue weighted by Gasteiger charge is 2.48. The third-order valence-electron chi connectivity index (χ3n) is 4.54. The van der Waals surface area contributed by atoms with Crippen LogP contribution in [0, 0.1) is 25.7 Å². The average Bonchev–Trinajstić information content (AvgIpc) is 3.36. The van der Waals surface area contributed by atoms with Gasteiger partial charge in [-0.1, -0.05) is 41.4 Å². The number of carbonyl (C=O) groups is 2. The molecule has 4 nitrogen and oxygen atoms in total. The molecule has 1 fully saturated rings. The molecular weight excluding hydrogens is 359 g/mol. The Kier molecular flexibility index (Phi) is 5.02. The van der Waals surface area contributed by atoms with E-state index in [1.54, 1.807) is 18.2 Å². The number of benzene rings is 2. The molecule has 2 N–H and O–H groups in total. The maximum absolute atomic E-state index is 12.4. The number of para-hydroxylation sites is 1. The molecule has 130 valence electrons. The molecule has 0 bridgehead atoms. The largest absolute Gasteiger partial charge is 0.326 e. The van der Waals surface area contributed by atoms with Crippen molar-refractivity contribution in [2.24, 2.45) is 11.8 Å². The molecule has 1 saturated carbocycles. The van der Waals surface area contributed by atoms with E-state index in [1.807, 2.05) is 32.0 Å². The monoisotopic (exact) mass is 376 g/mol. The van der Waals surface area contributed by atoms with Crippen LogP contribution in [-0.4, -0.2) is 11.8 Å². The average molecular weight is 377 g/mol. The number of nitrogens with one attached hydrogen (secondary N) is 2. The second-order valence-corrected chi connectivity index (χ2v) is 7.09. The Morgan fingerprint density at radius 2 is 1.48 bits per heavy atom. The van der Waals surface area contributed by atoms with Crippen LogP contribution in [0.15, 0.2) is 36.4 Å². The minimum absolute atomic E-state index is 0.140. The number of hydrogen-bond acceptors (Lipinski definition) is 2. The van der Waals surface area contributed by atoms with E-state index in [9.17, 15) is 9.59 Å². The van der Waals surface area contributed by atoms with Gasteiger partial charge in [-0.2, -0.15) is 0 Å². The number of carbonyl (C=O) groups excluding carboxylic acids is 2. The van der Waals surface area contributed by atoms with Gasteiger partial charge in [0.2, 0.25) is 11.8 Å². The summed E-state index contributed by atoms with van der Waals surface area (Å²) in [4.78, 5) is 24.8. The number of anilines is 2. The van der Waals surface area contributed by atoms with E-state index in [-0.39, 0.29) is 23.7 Å². The van der Waals surface area contributed by atoms with Gasteiger partial charge in [-0.05, 0) is 49.6 Å². The van der Waals surface area contributed by atoms with E-state index < -0.39 is 0 Å². The number of aryl methyl sites for hydroxylation is 1. The van der Waals surface area contributed by atoms with Crippen molar-refractivity contribution in [2.45, 2.75) is 20.3 Å². The minimum Gasteiger partial charge on any atom is -0.326 e. The second kappa shape index (κ2) is 7.06. The van der Waals surface area contributed by atoms with Crippen molar-refractivity contribution in [2.75, 3.05) is 10.6 Å². The van der Waals surface area contributed by atoms with Crippen molar-refractivity contribution < 1.29 is 9.59 Å². The molecular formula is C19H18Cl2N2O2. The van der Waals surface area contributed by atoms with E-state index in [4.69, 9.17) is 23.2 Å². The van der Waals surface area contributed by atoms with Crippen molar-refractivity contribution >= 4 is 46.4 Å². The fourth-order valence-corrected chi connectivity index (χ4v) is 3.21. The van der Waals surface area contributed by atoms with Crippen LogP contribution in [-0.2, 0) is 9.59 Å². The van der Waals surface area contributed by atoms with Gasteiger partial charge >= 0.3 is 0 Å². The van der Waals surface area contributed by atoms with Gasteiger partial charge < -0.3 is 10.6 Å². The first-order chi connectivity index (χ1) is 11.9. The zero-order valence-electron chi connectivity index (χ0n) is 13.9. The summed E-state index contributed by atoms with van der Waals surface area (Å²) in [5, 5.41) is 6.39. The molecule has 1 aliphatic rings. The van der Waals surface area contributed by atoms with Gasteiger partial charge in [-0.15, -0.1) is 0 Å². The smallest absolute Gasteiger partial charge is 0.228 e. The van der Waals surface area contributed by atoms with Crippen LogP contribution < -0.4 is 10.6 Å². The van der Waals surface area contributed by atoms with Gasteiger partial charge in [0, 0.05) is 5.69 Å². The lowest BCUT2D eigenvalue weighted by molar-refractivity contribution is -0.122. The minimum atomic E-state index is -0.363. The molecule has 0 saturated heterocycles. The highest BCUT2D eigenvalue weighted by Crippen LogP contribution is 2.41. The Hall–Kier alpha value is -2.04. The van der Waals surface area contributed by atoms with Crippen LogP contribution in [0.4, 0.5) is 11.4 Å². The molecule has 6 heteroatoms. The Morgan fingerprint density at radius 1 is 0.920 bits per heavy atom. The van der Waals surface area contributed by atoms with Gasteiger partial charge in [-0.25, -0.2) is 0 Å². The van der Waals surface area contributed by atoms with Crippen molar-refractivity contribution in [1.29, 1.82) is 0 Å². The topological polar surface area (TPSA) is 58.2 Å². The third-order valence-corrected chi connectivity index (χ3v) is 5.17. The summed E-state index contributed by atoms with van der Waals surface area (Å²) >= 11 is 12.1. The van der Waals surface area contributed by atoms with Crippen LogP contribution in [0.3, 0.4) is 0 Å². The Labute approximate surface area is 156 Å². The van der Waals surface area contributed by atoms with Crippen molar-refractivity contribution in [3.8, 4) is 0 Å². The first-order valence-corrected chi connectivity index (χ1v) is 8.76. The Morgan fingerprint density at radius 3 is 2.12 bits per heavy atom. The van der Waals surface area contributed by atoms with Gasteiger partial charge in [0.1, 0.15) is 0 Å². The lowest BCUT2D eigenvalue weighted by atomic mass is 10.1. The predicted octanol–water partition coefficient (Wildman–Crippen LogP) is 4.82. The maximum Gasteiger partial charge on any atom is 0.228 e. The quantitative estimate of drug-likeness (QED) is 0.802. The molecule has 2 aromatic rings. The van der Waals surface area contributed by atoms with Crippen LogP contribution >= 0.6 is 23.2 Å². The summed E-state index contributed by atoms with van der Waals surface area (Å²) < 4.78 is 0. The molecule has 0 aromatic heterocycles.